The molecule has 4 aromatic rings. The number of amides is 2. The average Bonchev–Trinajstić information content (AvgIpc) is 3.26. The molecule has 3 saturated heterocycles. The molecule has 3 fully saturated rings. The number of benzene rings is 4. The summed E-state index contributed by atoms with van der Waals surface area (Å²) in [6.45, 7) is 2.49. The summed E-state index contributed by atoms with van der Waals surface area (Å²) in [7, 11) is 0. The summed E-state index contributed by atoms with van der Waals surface area (Å²) < 4.78 is 22.8. The van der Waals surface area contributed by atoms with Crippen molar-refractivity contribution < 1.29 is 38.7 Å². The molecule has 56 heavy (non-hydrogen) atoms. The maximum atomic E-state index is 13.2. The maximum Gasteiger partial charge on any atom is 0.253 e. The van der Waals surface area contributed by atoms with E-state index in [1.54, 1.807) is 48.5 Å². The lowest BCUT2D eigenvalue weighted by molar-refractivity contribution is -0.374. The minimum absolute atomic E-state index is 0.0310. The molecule has 0 unspecified atom stereocenters. The second kappa shape index (κ2) is 17.5. The lowest BCUT2D eigenvalue weighted by Gasteiger charge is -2.40. The van der Waals surface area contributed by atoms with Crippen LogP contribution >= 0.6 is 0 Å². The largest absolute Gasteiger partial charge is 0.488 e. The van der Waals surface area contributed by atoms with Crippen molar-refractivity contribution in [3.05, 3.63) is 130 Å². The van der Waals surface area contributed by atoms with Crippen molar-refractivity contribution in [2.24, 2.45) is 11.5 Å². The van der Waals surface area contributed by atoms with Crippen LogP contribution in [0.5, 0.6) is 11.5 Å². The van der Waals surface area contributed by atoms with Crippen LogP contribution in [0.2, 0.25) is 0 Å². The summed E-state index contributed by atoms with van der Waals surface area (Å²) >= 11 is 0. The van der Waals surface area contributed by atoms with Gasteiger partial charge < -0.3 is 50.4 Å². The van der Waals surface area contributed by atoms with E-state index in [2.05, 4.69) is 24.3 Å². The molecule has 3 aliphatic rings. The zero-order valence-corrected chi connectivity index (χ0v) is 31.7. The number of hydrogen-bond donors (Lipinski definition) is 4. The standard InChI is InChI=1S/C44H52N4O8/c45-25-31-3-1-5-37(23-31)33-15-19-47(20-16-33)41(49)35-7-11-39(12-8-35)53-27-43(51)29-56-44(52,30-55-43)28-54-40-13-9-36(10-14-40)42(50)48-21-17-34(18-22-48)38-6-2-4-32(24-38)26-46/h1-14,23-24,33-34,51-52H,15-22,25-30,45-46H2/t43-,44-/m1/s1. The lowest BCUT2D eigenvalue weighted by Crippen LogP contribution is -2.58. The molecule has 6 N–H and O–H groups in total. The molecule has 12 nitrogen and oxygen atoms in total. The van der Waals surface area contributed by atoms with Crippen LogP contribution in [-0.2, 0) is 22.6 Å². The summed E-state index contributed by atoms with van der Waals surface area (Å²) in [5.74, 6) is -1.97. The smallest absolute Gasteiger partial charge is 0.253 e. The van der Waals surface area contributed by atoms with E-state index >= 15 is 0 Å². The summed E-state index contributed by atoms with van der Waals surface area (Å²) in [5, 5.41) is 21.9. The first-order valence-corrected chi connectivity index (χ1v) is 19.5. The van der Waals surface area contributed by atoms with Crippen LogP contribution in [-0.4, -0.2) is 96.0 Å². The molecule has 2 atom stereocenters. The van der Waals surface area contributed by atoms with Crippen molar-refractivity contribution in [3.63, 3.8) is 0 Å². The van der Waals surface area contributed by atoms with Gasteiger partial charge in [-0.2, -0.15) is 0 Å². The lowest BCUT2D eigenvalue weighted by atomic mass is 9.88. The van der Waals surface area contributed by atoms with E-state index in [9.17, 15) is 19.8 Å². The first kappa shape index (κ1) is 39.4. The van der Waals surface area contributed by atoms with Gasteiger partial charge in [0.15, 0.2) is 0 Å². The average molecular weight is 765 g/mol. The topological polar surface area (TPSA) is 170 Å². The van der Waals surface area contributed by atoms with Gasteiger partial charge in [0.05, 0.1) is 0 Å². The van der Waals surface area contributed by atoms with Crippen LogP contribution < -0.4 is 20.9 Å². The van der Waals surface area contributed by atoms with Crippen LogP contribution in [0.3, 0.4) is 0 Å². The van der Waals surface area contributed by atoms with Gasteiger partial charge in [0.2, 0.25) is 11.6 Å². The van der Waals surface area contributed by atoms with Gasteiger partial charge in [0, 0.05) is 50.4 Å². The summed E-state index contributed by atoms with van der Waals surface area (Å²) in [4.78, 5) is 30.2. The third kappa shape index (κ3) is 9.58. The van der Waals surface area contributed by atoms with Gasteiger partial charge in [-0.15, -0.1) is 0 Å². The molecule has 0 aliphatic carbocycles. The minimum atomic E-state index is -1.81. The van der Waals surface area contributed by atoms with Crippen molar-refractivity contribution in [2.75, 3.05) is 52.6 Å². The molecule has 2 amide bonds. The molecule has 3 aliphatic heterocycles. The Hall–Kier alpha value is -4.82. The van der Waals surface area contributed by atoms with Crippen LogP contribution in [0.25, 0.3) is 0 Å². The fourth-order valence-corrected chi connectivity index (χ4v) is 7.67. The zero-order chi connectivity index (χ0) is 39.1. The van der Waals surface area contributed by atoms with Crippen molar-refractivity contribution in [3.8, 4) is 11.5 Å². The number of carbonyl (C=O) groups is 2. The molecule has 0 radical (unpaired) electrons. The van der Waals surface area contributed by atoms with Crippen molar-refractivity contribution in [1.29, 1.82) is 0 Å². The van der Waals surface area contributed by atoms with E-state index in [0.717, 1.165) is 36.8 Å². The Balaban J connectivity index is 0.818. The minimum Gasteiger partial charge on any atom is -0.488 e. The van der Waals surface area contributed by atoms with Crippen molar-refractivity contribution >= 4 is 11.8 Å². The van der Waals surface area contributed by atoms with Gasteiger partial charge in [0.25, 0.3) is 11.8 Å². The predicted molar refractivity (Wildman–Crippen MR) is 210 cm³/mol. The van der Waals surface area contributed by atoms with E-state index in [1.165, 1.54) is 11.1 Å². The van der Waals surface area contributed by atoms with Gasteiger partial charge in [-0.25, -0.2) is 0 Å². The molecule has 7 rings (SSSR count). The molecular formula is C44H52N4O8. The first-order chi connectivity index (χ1) is 27.1. The van der Waals surface area contributed by atoms with Gasteiger partial charge in [-0.05, 0) is 108 Å². The number of aliphatic hydroxyl groups is 2. The summed E-state index contributed by atoms with van der Waals surface area (Å²) in [5.41, 5.74) is 17.5. The van der Waals surface area contributed by atoms with Gasteiger partial charge in [-0.1, -0.05) is 48.5 Å². The van der Waals surface area contributed by atoms with E-state index < -0.39 is 11.6 Å². The third-order valence-corrected chi connectivity index (χ3v) is 11.1. The Morgan fingerprint density at radius 2 is 0.982 bits per heavy atom. The molecule has 0 aromatic heterocycles. The number of nitrogens with zero attached hydrogens (tertiary/aromatic N) is 2. The fraction of sp³-hybridized carbons (Fsp3) is 0.409. The number of piperidine rings is 2. The molecule has 0 saturated carbocycles. The Morgan fingerprint density at radius 3 is 1.32 bits per heavy atom. The van der Waals surface area contributed by atoms with Crippen LogP contribution in [0.4, 0.5) is 0 Å². The highest BCUT2D eigenvalue weighted by Gasteiger charge is 2.44. The highest BCUT2D eigenvalue weighted by atomic mass is 16.7. The predicted octanol–water partition coefficient (Wildman–Crippen LogP) is 4.53. The highest BCUT2D eigenvalue weighted by Crippen LogP contribution is 2.31. The molecule has 4 aromatic carbocycles. The summed E-state index contributed by atoms with van der Waals surface area (Å²) in [6, 6.07) is 30.3. The Labute approximate surface area is 327 Å². The number of carbonyl (C=O) groups excluding carboxylic acids is 2. The molecule has 0 bridgehead atoms. The van der Waals surface area contributed by atoms with E-state index in [0.29, 0.717) is 73.7 Å². The highest BCUT2D eigenvalue weighted by molar-refractivity contribution is 5.95. The van der Waals surface area contributed by atoms with Crippen LogP contribution in [0, 0.1) is 0 Å². The fourth-order valence-electron chi connectivity index (χ4n) is 7.67. The van der Waals surface area contributed by atoms with E-state index in [4.69, 9.17) is 30.4 Å². The number of hydrogen-bond acceptors (Lipinski definition) is 10. The first-order valence-electron chi connectivity index (χ1n) is 19.5. The Morgan fingerprint density at radius 1 is 0.607 bits per heavy atom. The number of ether oxygens (including phenoxy) is 4. The molecule has 3 heterocycles. The Kier molecular flexibility index (Phi) is 12.3. The van der Waals surface area contributed by atoms with Gasteiger partial charge >= 0.3 is 0 Å². The van der Waals surface area contributed by atoms with Crippen LogP contribution in [0.15, 0.2) is 97.1 Å². The maximum absolute atomic E-state index is 13.2. The number of likely N-dealkylation sites (tertiary alicyclic amines) is 2. The van der Waals surface area contributed by atoms with E-state index in [1.807, 2.05) is 34.1 Å². The molecular weight excluding hydrogens is 713 g/mol. The van der Waals surface area contributed by atoms with Gasteiger partial charge in [-0.3, -0.25) is 9.59 Å². The third-order valence-electron chi connectivity index (χ3n) is 11.1. The SMILES string of the molecule is NCc1cccc(C2CCN(C(=O)c3ccc(OC[C@]4(O)CO[C@](O)(COc5ccc(C(=O)N6CCC(c7cccc(CN)c7)CC6)cc5)CO4)cc3)CC2)c1. The van der Waals surface area contributed by atoms with Crippen LogP contribution in [0.1, 0.15) is 80.5 Å². The second-order valence-electron chi connectivity index (χ2n) is 15.1. The Bertz CT molecular complexity index is 1790. The zero-order valence-electron chi connectivity index (χ0n) is 31.7. The second-order valence-corrected chi connectivity index (χ2v) is 15.1. The normalized spacial score (nSPS) is 22.1. The molecule has 0 spiro atoms. The monoisotopic (exact) mass is 764 g/mol. The quantitative estimate of drug-likeness (QED) is 0.161. The van der Waals surface area contributed by atoms with Crippen molar-refractivity contribution in [1.82, 2.24) is 9.80 Å². The molecule has 296 valence electrons. The number of rotatable bonds is 12. The number of nitrogens with two attached hydrogens (primary N) is 2. The van der Waals surface area contributed by atoms with Gasteiger partial charge in [0.1, 0.15) is 37.9 Å². The molecule has 12 heteroatoms. The van der Waals surface area contributed by atoms with E-state index in [-0.39, 0.29) is 38.2 Å². The summed E-state index contributed by atoms with van der Waals surface area (Å²) in [6.07, 6.45) is 3.58. The van der Waals surface area contributed by atoms with Crippen molar-refractivity contribution in [2.45, 2.75) is 62.2 Å².